The summed E-state index contributed by atoms with van der Waals surface area (Å²) in [7, 11) is -4.06. The van der Waals surface area contributed by atoms with Crippen LogP contribution in [0.2, 0.25) is 10.0 Å². The first-order valence-electron chi connectivity index (χ1n) is 10.7. The molecule has 12 heteroatoms. The SMILES string of the molecule is Cc1ccc(Cl)c(S(=O)(=O)Nc2ccc(NC(=O)CCn3c(=O)[nH]c(=O)c4ccccc43)cc2)c1Cl. The van der Waals surface area contributed by atoms with Gasteiger partial charge in [0.1, 0.15) is 4.90 Å². The van der Waals surface area contributed by atoms with Crippen molar-refractivity contribution in [3.05, 3.63) is 97.1 Å². The third-order valence-corrected chi connectivity index (χ3v) is 7.89. The number of hydrogen-bond donors (Lipinski definition) is 3. The van der Waals surface area contributed by atoms with Crippen LogP contribution in [-0.4, -0.2) is 23.9 Å². The van der Waals surface area contributed by atoms with Gasteiger partial charge in [0, 0.05) is 24.3 Å². The summed E-state index contributed by atoms with van der Waals surface area (Å²) in [5, 5.41) is 3.08. The normalized spacial score (nSPS) is 11.4. The van der Waals surface area contributed by atoms with Crippen molar-refractivity contribution in [1.29, 1.82) is 0 Å². The van der Waals surface area contributed by atoms with E-state index in [-0.39, 0.29) is 39.5 Å². The zero-order valence-corrected chi connectivity index (χ0v) is 21.2. The number of halogens is 2. The number of fused-ring (bicyclic) bond motifs is 1. The summed E-state index contributed by atoms with van der Waals surface area (Å²) in [6, 6.07) is 15.7. The smallest absolute Gasteiger partial charge is 0.326 e. The molecule has 1 aromatic heterocycles. The number of aryl methyl sites for hydroxylation is 2. The quantitative estimate of drug-likeness (QED) is 0.320. The van der Waals surface area contributed by atoms with Crippen LogP contribution in [0.3, 0.4) is 0 Å². The maximum absolute atomic E-state index is 12.8. The van der Waals surface area contributed by atoms with Gasteiger partial charge in [0.05, 0.1) is 20.9 Å². The number of anilines is 2. The van der Waals surface area contributed by atoms with E-state index in [1.165, 1.54) is 34.9 Å². The molecule has 3 N–H and O–H groups in total. The molecule has 186 valence electrons. The second-order valence-electron chi connectivity index (χ2n) is 7.92. The van der Waals surface area contributed by atoms with Crippen molar-refractivity contribution >= 4 is 61.4 Å². The summed E-state index contributed by atoms with van der Waals surface area (Å²) in [4.78, 5) is 38.7. The number of sulfonamides is 1. The Morgan fingerprint density at radius 3 is 2.36 bits per heavy atom. The summed E-state index contributed by atoms with van der Waals surface area (Å²) >= 11 is 12.2. The average molecular weight is 547 g/mol. The van der Waals surface area contributed by atoms with Crippen LogP contribution in [0, 0.1) is 6.92 Å². The number of hydrogen-bond acceptors (Lipinski definition) is 5. The van der Waals surface area contributed by atoms with Gasteiger partial charge in [-0.2, -0.15) is 0 Å². The average Bonchev–Trinajstić information content (AvgIpc) is 2.82. The number of aromatic amines is 1. The van der Waals surface area contributed by atoms with Gasteiger partial charge in [-0.05, 0) is 55.0 Å². The van der Waals surface area contributed by atoms with Crippen LogP contribution in [0.15, 0.2) is 75.1 Å². The molecule has 36 heavy (non-hydrogen) atoms. The van der Waals surface area contributed by atoms with Gasteiger partial charge >= 0.3 is 5.69 Å². The first-order valence-corrected chi connectivity index (χ1v) is 12.9. The number of carbonyl (C=O) groups excluding carboxylic acids is 1. The van der Waals surface area contributed by atoms with Crippen LogP contribution in [0.4, 0.5) is 11.4 Å². The van der Waals surface area contributed by atoms with Gasteiger partial charge in [-0.3, -0.25) is 23.9 Å². The summed E-state index contributed by atoms with van der Waals surface area (Å²) in [6.07, 6.45) is -0.0331. The zero-order chi connectivity index (χ0) is 26.0. The highest BCUT2D eigenvalue weighted by Crippen LogP contribution is 2.33. The fraction of sp³-hybridized carbons (Fsp3) is 0.125. The van der Waals surface area contributed by atoms with E-state index in [9.17, 15) is 22.8 Å². The molecule has 0 saturated carbocycles. The third-order valence-electron chi connectivity index (χ3n) is 5.40. The first kappa shape index (κ1) is 25.5. The molecule has 0 saturated heterocycles. The number of para-hydroxylation sites is 1. The van der Waals surface area contributed by atoms with E-state index in [0.29, 0.717) is 22.2 Å². The molecule has 0 atom stereocenters. The molecule has 0 spiro atoms. The maximum atomic E-state index is 12.8. The van der Waals surface area contributed by atoms with E-state index in [2.05, 4.69) is 15.0 Å². The maximum Gasteiger partial charge on any atom is 0.328 e. The molecule has 0 radical (unpaired) electrons. The van der Waals surface area contributed by atoms with E-state index < -0.39 is 21.3 Å². The topological polar surface area (TPSA) is 130 Å². The number of nitrogens with zero attached hydrogens (tertiary/aromatic N) is 1. The second kappa shape index (κ2) is 10.2. The van der Waals surface area contributed by atoms with E-state index in [1.807, 2.05) is 0 Å². The Morgan fingerprint density at radius 1 is 0.972 bits per heavy atom. The molecule has 9 nitrogen and oxygen atoms in total. The molecule has 0 aliphatic carbocycles. The van der Waals surface area contributed by atoms with Gasteiger partial charge in [-0.15, -0.1) is 0 Å². The minimum Gasteiger partial charge on any atom is -0.326 e. The van der Waals surface area contributed by atoms with Gasteiger partial charge in [-0.1, -0.05) is 41.4 Å². The molecule has 0 aliphatic rings. The van der Waals surface area contributed by atoms with Crippen LogP contribution in [0.1, 0.15) is 12.0 Å². The lowest BCUT2D eigenvalue weighted by Gasteiger charge is -2.13. The van der Waals surface area contributed by atoms with Gasteiger partial charge in [-0.25, -0.2) is 13.2 Å². The highest BCUT2D eigenvalue weighted by molar-refractivity contribution is 7.93. The number of carbonyl (C=O) groups is 1. The van der Waals surface area contributed by atoms with Crippen LogP contribution >= 0.6 is 23.2 Å². The molecule has 4 rings (SSSR count). The number of H-pyrrole nitrogens is 1. The minimum atomic E-state index is -4.06. The van der Waals surface area contributed by atoms with E-state index in [4.69, 9.17) is 23.2 Å². The molecule has 0 unspecified atom stereocenters. The van der Waals surface area contributed by atoms with E-state index >= 15 is 0 Å². The first-order chi connectivity index (χ1) is 17.1. The number of aromatic nitrogens is 2. The lowest BCUT2D eigenvalue weighted by atomic mass is 10.2. The molecule has 3 aromatic carbocycles. The standard InChI is InChI=1S/C24H20Cl2N4O5S/c1-14-6-11-18(25)22(21(14)26)36(34,35)29-16-9-7-15(8-10-16)27-20(31)12-13-30-19-5-3-2-4-17(19)23(32)28-24(30)33/h2-11,29H,12-13H2,1H3,(H,27,31)(H,28,32,33). The van der Waals surface area contributed by atoms with Crippen molar-refractivity contribution in [3.63, 3.8) is 0 Å². The van der Waals surface area contributed by atoms with Gasteiger partial charge in [0.15, 0.2) is 0 Å². The molecule has 0 fully saturated rings. The number of amides is 1. The van der Waals surface area contributed by atoms with Crippen molar-refractivity contribution < 1.29 is 13.2 Å². The molecule has 0 aliphatic heterocycles. The highest BCUT2D eigenvalue weighted by Gasteiger charge is 2.23. The Balaban J connectivity index is 1.43. The molecule has 1 heterocycles. The Kier molecular flexibility index (Phi) is 7.21. The fourth-order valence-electron chi connectivity index (χ4n) is 3.61. The van der Waals surface area contributed by atoms with E-state index in [1.54, 1.807) is 37.3 Å². The lowest BCUT2D eigenvalue weighted by molar-refractivity contribution is -0.116. The molecule has 0 bridgehead atoms. The van der Waals surface area contributed by atoms with Crippen LogP contribution in [0.25, 0.3) is 10.9 Å². The van der Waals surface area contributed by atoms with Crippen molar-refractivity contribution in [2.24, 2.45) is 0 Å². The van der Waals surface area contributed by atoms with Gasteiger partial charge < -0.3 is 5.32 Å². The Hall–Kier alpha value is -3.60. The summed E-state index contributed by atoms with van der Waals surface area (Å²) in [5.41, 5.74) is 0.582. The third kappa shape index (κ3) is 5.30. The van der Waals surface area contributed by atoms with Crippen molar-refractivity contribution in [2.45, 2.75) is 24.8 Å². The fourth-order valence-corrected chi connectivity index (χ4v) is 5.86. The van der Waals surface area contributed by atoms with Crippen LogP contribution < -0.4 is 21.3 Å². The van der Waals surface area contributed by atoms with Crippen molar-refractivity contribution in [2.75, 3.05) is 10.0 Å². The number of nitrogens with one attached hydrogen (secondary N) is 3. The van der Waals surface area contributed by atoms with Crippen molar-refractivity contribution in [3.8, 4) is 0 Å². The Bertz CT molecular complexity index is 1700. The summed E-state index contributed by atoms with van der Waals surface area (Å²) in [5.74, 6) is -0.371. The minimum absolute atomic E-state index is 0.00337. The van der Waals surface area contributed by atoms with E-state index in [0.717, 1.165) is 0 Å². The zero-order valence-electron chi connectivity index (χ0n) is 18.8. The van der Waals surface area contributed by atoms with Crippen LogP contribution in [0.5, 0.6) is 0 Å². The van der Waals surface area contributed by atoms with Gasteiger partial charge in [0.25, 0.3) is 15.6 Å². The lowest BCUT2D eigenvalue weighted by Crippen LogP contribution is -2.31. The predicted molar refractivity (Wildman–Crippen MR) is 141 cm³/mol. The monoisotopic (exact) mass is 546 g/mol. The Morgan fingerprint density at radius 2 is 1.64 bits per heavy atom. The molecule has 1 amide bonds. The number of rotatable bonds is 7. The number of benzene rings is 3. The largest absolute Gasteiger partial charge is 0.328 e. The second-order valence-corrected chi connectivity index (χ2v) is 10.3. The Labute approximate surface area is 215 Å². The van der Waals surface area contributed by atoms with Gasteiger partial charge in [0.2, 0.25) is 5.91 Å². The highest BCUT2D eigenvalue weighted by atomic mass is 35.5. The van der Waals surface area contributed by atoms with Crippen molar-refractivity contribution in [1.82, 2.24) is 9.55 Å². The predicted octanol–water partition coefficient (Wildman–Crippen LogP) is 4.13. The summed E-state index contributed by atoms with van der Waals surface area (Å²) < 4.78 is 29.4. The molecular formula is C24H20Cl2N4O5S. The summed E-state index contributed by atoms with van der Waals surface area (Å²) in [6.45, 7) is 1.73. The van der Waals surface area contributed by atoms with Crippen LogP contribution in [-0.2, 0) is 21.4 Å². The molecular weight excluding hydrogens is 527 g/mol. The molecule has 4 aromatic rings.